The summed E-state index contributed by atoms with van der Waals surface area (Å²) in [4.78, 5) is 0. The topological polar surface area (TPSA) is 12.0 Å². The zero-order valence-electron chi connectivity index (χ0n) is 9.75. The van der Waals surface area contributed by atoms with Crippen LogP contribution in [0.15, 0.2) is 16.8 Å². The predicted molar refractivity (Wildman–Crippen MR) is 67.3 cm³/mol. The van der Waals surface area contributed by atoms with Gasteiger partial charge in [0.2, 0.25) is 0 Å². The maximum Gasteiger partial charge on any atom is 0.0382 e. The minimum atomic E-state index is 0.524. The van der Waals surface area contributed by atoms with E-state index in [1.165, 1.54) is 37.7 Å². The van der Waals surface area contributed by atoms with Crippen LogP contribution < -0.4 is 5.32 Å². The second kappa shape index (κ2) is 4.67. The van der Waals surface area contributed by atoms with E-state index in [0.717, 1.165) is 0 Å². The molecule has 0 aliphatic heterocycles. The lowest BCUT2D eigenvalue weighted by molar-refractivity contribution is 0.195. The van der Waals surface area contributed by atoms with E-state index in [-0.39, 0.29) is 0 Å². The first-order valence-corrected chi connectivity index (χ1v) is 6.96. The Hall–Kier alpha value is -0.340. The molecule has 1 unspecified atom stereocenters. The predicted octanol–water partition coefficient (Wildman–Crippen LogP) is 3.98. The van der Waals surface area contributed by atoms with Gasteiger partial charge in [0, 0.05) is 6.04 Å². The molecule has 0 amide bonds. The van der Waals surface area contributed by atoms with Gasteiger partial charge in [0.15, 0.2) is 0 Å². The molecule has 84 valence electrons. The fourth-order valence-corrected chi connectivity index (χ4v) is 3.88. The van der Waals surface area contributed by atoms with Gasteiger partial charge in [-0.25, -0.2) is 0 Å². The molecule has 15 heavy (non-hydrogen) atoms. The average molecular weight is 223 g/mol. The Morgan fingerprint density at radius 1 is 1.47 bits per heavy atom. The Balaban J connectivity index is 2.24. The Bertz CT molecular complexity index is 285. The third-order valence-electron chi connectivity index (χ3n) is 4.08. The van der Waals surface area contributed by atoms with Crippen molar-refractivity contribution in [2.45, 2.75) is 45.1 Å². The maximum atomic E-state index is 3.54. The van der Waals surface area contributed by atoms with Crippen molar-refractivity contribution in [2.75, 3.05) is 7.05 Å². The SMILES string of the molecule is CCC1(C(NC)c2ccsc2)CCCC1. The molecule has 0 spiro atoms. The number of hydrogen-bond donors (Lipinski definition) is 1. The summed E-state index contributed by atoms with van der Waals surface area (Å²) in [5.74, 6) is 0. The monoisotopic (exact) mass is 223 g/mol. The zero-order valence-corrected chi connectivity index (χ0v) is 10.6. The van der Waals surface area contributed by atoms with E-state index in [4.69, 9.17) is 0 Å². The quantitative estimate of drug-likeness (QED) is 0.814. The minimum Gasteiger partial charge on any atom is -0.313 e. The van der Waals surface area contributed by atoms with E-state index in [2.05, 4.69) is 36.1 Å². The van der Waals surface area contributed by atoms with Crippen LogP contribution in [0.25, 0.3) is 0 Å². The van der Waals surface area contributed by atoms with Crippen molar-refractivity contribution in [2.24, 2.45) is 5.41 Å². The molecule has 1 aromatic rings. The number of rotatable bonds is 4. The highest BCUT2D eigenvalue weighted by Crippen LogP contribution is 2.50. The molecule has 1 N–H and O–H groups in total. The Kier molecular flexibility index (Phi) is 3.47. The Morgan fingerprint density at radius 2 is 2.20 bits per heavy atom. The largest absolute Gasteiger partial charge is 0.313 e. The van der Waals surface area contributed by atoms with E-state index >= 15 is 0 Å². The van der Waals surface area contributed by atoms with Crippen molar-refractivity contribution in [3.8, 4) is 0 Å². The first kappa shape index (κ1) is 11.2. The summed E-state index contributed by atoms with van der Waals surface area (Å²) in [6.07, 6.45) is 6.91. The van der Waals surface area contributed by atoms with Crippen LogP contribution in [-0.4, -0.2) is 7.05 Å². The standard InChI is InChI=1S/C13H21NS/c1-3-13(7-4-5-8-13)12(14-2)11-6-9-15-10-11/h6,9-10,12,14H,3-5,7-8H2,1-2H3. The van der Waals surface area contributed by atoms with Crippen LogP contribution in [0.2, 0.25) is 0 Å². The van der Waals surface area contributed by atoms with Crippen molar-refractivity contribution in [3.63, 3.8) is 0 Å². The van der Waals surface area contributed by atoms with E-state index in [1.54, 1.807) is 0 Å². The van der Waals surface area contributed by atoms with Crippen molar-refractivity contribution in [3.05, 3.63) is 22.4 Å². The van der Waals surface area contributed by atoms with Crippen LogP contribution in [-0.2, 0) is 0 Å². The lowest BCUT2D eigenvalue weighted by Crippen LogP contribution is -2.33. The first-order chi connectivity index (χ1) is 7.32. The highest BCUT2D eigenvalue weighted by molar-refractivity contribution is 7.07. The molecule has 0 bridgehead atoms. The summed E-state index contributed by atoms with van der Waals surface area (Å²) < 4.78 is 0. The molecule has 0 radical (unpaired) electrons. The van der Waals surface area contributed by atoms with E-state index in [0.29, 0.717) is 11.5 Å². The van der Waals surface area contributed by atoms with Gasteiger partial charge in [0.25, 0.3) is 0 Å². The highest BCUT2D eigenvalue weighted by atomic mass is 32.1. The van der Waals surface area contributed by atoms with Gasteiger partial charge in [0.05, 0.1) is 0 Å². The third kappa shape index (κ3) is 1.98. The van der Waals surface area contributed by atoms with Gasteiger partial charge in [-0.2, -0.15) is 11.3 Å². The number of hydrogen-bond acceptors (Lipinski definition) is 2. The number of nitrogens with one attached hydrogen (secondary N) is 1. The van der Waals surface area contributed by atoms with Gasteiger partial charge in [-0.3, -0.25) is 0 Å². The van der Waals surface area contributed by atoms with Crippen LogP contribution in [0.5, 0.6) is 0 Å². The van der Waals surface area contributed by atoms with Crippen LogP contribution in [0.3, 0.4) is 0 Å². The van der Waals surface area contributed by atoms with E-state index in [1.807, 2.05) is 11.3 Å². The van der Waals surface area contributed by atoms with E-state index < -0.39 is 0 Å². The molecule has 1 fully saturated rings. The van der Waals surface area contributed by atoms with Crippen LogP contribution >= 0.6 is 11.3 Å². The average Bonchev–Trinajstić information content (AvgIpc) is 2.90. The van der Waals surface area contributed by atoms with Crippen molar-refractivity contribution < 1.29 is 0 Å². The van der Waals surface area contributed by atoms with Crippen LogP contribution in [0, 0.1) is 5.41 Å². The molecule has 1 aromatic heterocycles. The summed E-state index contributed by atoms with van der Waals surface area (Å²) in [7, 11) is 2.11. The molecule has 1 aliphatic carbocycles. The molecule has 2 rings (SSSR count). The van der Waals surface area contributed by atoms with Gasteiger partial charge in [0.1, 0.15) is 0 Å². The Morgan fingerprint density at radius 3 is 2.67 bits per heavy atom. The normalized spacial score (nSPS) is 21.7. The fourth-order valence-electron chi connectivity index (χ4n) is 3.19. The van der Waals surface area contributed by atoms with Crippen LogP contribution in [0.1, 0.15) is 50.6 Å². The lowest BCUT2D eigenvalue weighted by atomic mass is 9.74. The summed E-state index contributed by atoms with van der Waals surface area (Å²) in [5.41, 5.74) is 2.02. The van der Waals surface area contributed by atoms with Gasteiger partial charge < -0.3 is 5.32 Å². The molecule has 0 aromatic carbocycles. The van der Waals surface area contributed by atoms with Gasteiger partial charge in [-0.05, 0) is 54.1 Å². The second-order valence-corrected chi connectivity index (χ2v) is 5.48. The first-order valence-electron chi connectivity index (χ1n) is 6.02. The third-order valence-corrected chi connectivity index (χ3v) is 4.78. The molecule has 1 saturated carbocycles. The molecule has 2 heteroatoms. The summed E-state index contributed by atoms with van der Waals surface area (Å²) in [5, 5.41) is 8.04. The smallest absolute Gasteiger partial charge is 0.0382 e. The summed E-state index contributed by atoms with van der Waals surface area (Å²) >= 11 is 1.81. The summed E-state index contributed by atoms with van der Waals surface area (Å²) in [6, 6.07) is 2.85. The van der Waals surface area contributed by atoms with Crippen molar-refractivity contribution in [1.29, 1.82) is 0 Å². The molecule has 0 saturated heterocycles. The minimum absolute atomic E-state index is 0.524. The highest BCUT2D eigenvalue weighted by Gasteiger charge is 2.39. The van der Waals surface area contributed by atoms with E-state index in [9.17, 15) is 0 Å². The van der Waals surface area contributed by atoms with Gasteiger partial charge >= 0.3 is 0 Å². The van der Waals surface area contributed by atoms with Crippen molar-refractivity contribution >= 4 is 11.3 Å². The molecule has 1 heterocycles. The lowest BCUT2D eigenvalue weighted by Gasteiger charge is -2.36. The molecule has 1 atom stereocenters. The zero-order chi connectivity index (χ0) is 10.7. The maximum absolute atomic E-state index is 3.54. The number of thiophene rings is 1. The summed E-state index contributed by atoms with van der Waals surface area (Å²) in [6.45, 7) is 2.35. The Labute approximate surface area is 96.9 Å². The van der Waals surface area contributed by atoms with Gasteiger partial charge in [-0.1, -0.05) is 19.8 Å². The second-order valence-electron chi connectivity index (χ2n) is 4.70. The molecular weight excluding hydrogens is 202 g/mol. The van der Waals surface area contributed by atoms with Gasteiger partial charge in [-0.15, -0.1) is 0 Å². The fraction of sp³-hybridized carbons (Fsp3) is 0.692. The molecule has 1 aliphatic rings. The van der Waals surface area contributed by atoms with Crippen molar-refractivity contribution in [1.82, 2.24) is 5.32 Å². The molecular formula is C13H21NS. The van der Waals surface area contributed by atoms with Crippen LogP contribution in [0.4, 0.5) is 0 Å². The molecule has 1 nitrogen and oxygen atoms in total.